The summed E-state index contributed by atoms with van der Waals surface area (Å²) in [5, 5.41) is 32.9. The molecule has 1 amide bonds. The minimum absolute atomic E-state index is 0.0244. The maximum absolute atomic E-state index is 12.5. The van der Waals surface area contributed by atoms with E-state index in [9.17, 15) is 20.1 Å². The van der Waals surface area contributed by atoms with Gasteiger partial charge in [0.25, 0.3) is 0 Å². The predicted molar refractivity (Wildman–Crippen MR) is 147 cm³/mol. The van der Waals surface area contributed by atoms with Gasteiger partial charge in [0.1, 0.15) is 0 Å². The predicted octanol–water partition coefficient (Wildman–Crippen LogP) is 4.94. The molecule has 0 aliphatic rings. The molecule has 0 bridgehead atoms. The maximum atomic E-state index is 12.5. The normalized spacial score (nSPS) is 13.3. The third-order valence-corrected chi connectivity index (χ3v) is 7.18. The molecule has 6 nitrogen and oxygen atoms in total. The molecule has 3 atom stereocenters. The number of nitriles is 1. The number of nitrogens with one attached hydrogen (secondary N) is 1. The molecule has 2 unspecified atom stereocenters. The van der Waals surface area contributed by atoms with E-state index >= 15 is 0 Å². The van der Waals surface area contributed by atoms with Crippen LogP contribution in [-0.2, 0) is 24.1 Å². The summed E-state index contributed by atoms with van der Waals surface area (Å²) in [4.78, 5) is 16.9. The van der Waals surface area contributed by atoms with E-state index in [0.29, 0.717) is 35.7 Å². The zero-order valence-electron chi connectivity index (χ0n) is 20.6. The van der Waals surface area contributed by atoms with E-state index in [4.69, 9.17) is 23.2 Å². The molecule has 2 aromatic carbocycles. The number of hydrogen-bond acceptors (Lipinski definition) is 5. The van der Waals surface area contributed by atoms with Gasteiger partial charge in [0.15, 0.2) is 0 Å². The smallest absolute Gasteiger partial charge is 0.426 e. The largest absolute Gasteiger partial charge is 0.475 e. The first kappa shape index (κ1) is 28.7. The molecule has 0 aliphatic heterocycles. The summed E-state index contributed by atoms with van der Waals surface area (Å²) < 4.78 is 0. The fourth-order valence-corrected chi connectivity index (χ4v) is 4.98. The molecule has 0 saturated carbocycles. The summed E-state index contributed by atoms with van der Waals surface area (Å²) in [6.45, 7) is 2.00. The Kier molecular flexibility index (Phi) is 11.0. The number of benzene rings is 2. The number of carbonyl (C=O) groups is 1. The fourth-order valence-electron chi connectivity index (χ4n) is 4.35. The van der Waals surface area contributed by atoms with Gasteiger partial charge < -0.3 is 15.4 Å². The van der Waals surface area contributed by atoms with Crippen molar-refractivity contribution in [1.82, 2.24) is 10.3 Å². The van der Waals surface area contributed by atoms with E-state index in [-0.39, 0.29) is 24.2 Å². The van der Waals surface area contributed by atoms with Gasteiger partial charge in [0.2, 0.25) is 5.91 Å². The Bertz CT molecular complexity index is 1210. The van der Waals surface area contributed by atoms with Gasteiger partial charge in [-0.15, -0.1) is 0 Å². The molecule has 3 N–H and O–H groups in total. The molecule has 0 radical (unpaired) electrons. The molecular formula is C28H30BCl2N3O3. The number of rotatable bonds is 12. The van der Waals surface area contributed by atoms with Crippen LogP contribution in [0.4, 0.5) is 0 Å². The van der Waals surface area contributed by atoms with E-state index in [2.05, 4.69) is 16.4 Å². The Morgan fingerprint density at radius 3 is 2.46 bits per heavy atom. The number of nitrogens with zero attached hydrogens (tertiary/aromatic N) is 2. The van der Waals surface area contributed by atoms with Gasteiger partial charge in [0.05, 0.1) is 23.6 Å². The highest BCUT2D eigenvalue weighted by atomic mass is 35.5. The Balaban J connectivity index is 1.60. The highest BCUT2D eigenvalue weighted by Gasteiger charge is 2.26. The van der Waals surface area contributed by atoms with Crippen LogP contribution >= 0.6 is 23.2 Å². The number of pyridine rings is 1. The molecule has 37 heavy (non-hydrogen) atoms. The zero-order valence-corrected chi connectivity index (χ0v) is 22.2. The highest BCUT2D eigenvalue weighted by molar-refractivity contribution is 6.43. The summed E-state index contributed by atoms with van der Waals surface area (Å²) >= 11 is 13.2. The number of hydrogen-bond donors (Lipinski definition) is 3. The second-order valence-electron chi connectivity index (χ2n) is 9.17. The average Bonchev–Trinajstić information content (AvgIpc) is 2.89. The number of carbonyl (C=O) groups excluding carboxylic acids is 1. The van der Waals surface area contributed by atoms with Crippen molar-refractivity contribution in [2.75, 3.05) is 0 Å². The van der Waals surface area contributed by atoms with E-state index in [0.717, 1.165) is 22.4 Å². The summed E-state index contributed by atoms with van der Waals surface area (Å²) in [5.41, 5.74) is 3.27. The molecule has 3 rings (SSSR count). The monoisotopic (exact) mass is 537 g/mol. The Morgan fingerprint density at radius 2 is 1.81 bits per heavy atom. The van der Waals surface area contributed by atoms with Crippen molar-refractivity contribution in [2.24, 2.45) is 5.92 Å². The molecule has 9 heteroatoms. The first-order valence-electron chi connectivity index (χ1n) is 12.3. The molecule has 192 valence electrons. The van der Waals surface area contributed by atoms with Crippen molar-refractivity contribution < 1.29 is 14.8 Å². The average molecular weight is 538 g/mol. The minimum atomic E-state index is -1.67. The summed E-state index contributed by atoms with van der Waals surface area (Å²) in [6, 6.07) is 20.9. The minimum Gasteiger partial charge on any atom is -0.426 e. The van der Waals surface area contributed by atoms with Crippen molar-refractivity contribution in [2.45, 2.75) is 50.9 Å². The Morgan fingerprint density at radius 1 is 1.08 bits per heavy atom. The Labute approximate surface area is 228 Å². The SMILES string of the molecule is CC(Cc1ccc(Cl)c(CCCC(=O)N[C@@H](Cc2ccccc2)B(O)O)c1Cl)C(C#N)c1ccccn1. The van der Waals surface area contributed by atoms with Crippen molar-refractivity contribution >= 4 is 36.2 Å². The lowest BCUT2D eigenvalue weighted by atomic mass is 9.76. The highest BCUT2D eigenvalue weighted by Crippen LogP contribution is 2.33. The topological polar surface area (TPSA) is 106 Å². The zero-order chi connectivity index (χ0) is 26.8. The molecule has 0 saturated heterocycles. The van der Waals surface area contributed by atoms with Crippen molar-refractivity contribution in [3.63, 3.8) is 0 Å². The van der Waals surface area contributed by atoms with Crippen molar-refractivity contribution in [3.8, 4) is 6.07 Å². The summed E-state index contributed by atoms with van der Waals surface area (Å²) in [5.74, 6) is -1.48. The molecule has 0 spiro atoms. The first-order valence-corrected chi connectivity index (χ1v) is 13.0. The van der Waals surface area contributed by atoms with Crippen LogP contribution in [0.2, 0.25) is 10.0 Å². The van der Waals surface area contributed by atoms with E-state index in [1.165, 1.54) is 0 Å². The van der Waals surface area contributed by atoms with Crippen LogP contribution in [0.1, 0.15) is 48.1 Å². The summed E-state index contributed by atoms with van der Waals surface area (Å²) in [7, 11) is -1.67. The summed E-state index contributed by atoms with van der Waals surface area (Å²) in [6.07, 6.45) is 3.72. The second-order valence-corrected chi connectivity index (χ2v) is 9.96. The lowest BCUT2D eigenvalue weighted by molar-refractivity contribution is -0.121. The molecule has 1 heterocycles. The van der Waals surface area contributed by atoms with E-state index in [1.807, 2.05) is 61.5 Å². The molecule has 0 fully saturated rings. The quantitative estimate of drug-likeness (QED) is 0.284. The number of amides is 1. The second kappa shape index (κ2) is 14.2. The van der Waals surface area contributed by atoms with Crippen molar-refractivity contribution in [1.29, 1.82) is 5.26 Å². The van der Waals surface area contributed by atoms with Crippen LogP contribution in [0, 0.1) is 17.2 Å². The van der Waals surface area contributed by atoms with E-state index < -0.39 is 13.1 Å². The van der Waals surface area contributed by atoms with Gasteiger partial charge in [-0.2, -0.15) is 5.26 Å². The van der Waals surface area contributed by atoms with Gasteiger partial charge in [-0.25, -0.2) is 0 Å². The van der Waals surface area contributed by atoms with Gasteiger partial charge in [-0.1, -0.05) is 72.6 Å². The van der Waals surface area contributed by atoms with Gasteiger partial charge in [-0.05, 0) is 66.5 Å². The third kappa shape index (κ3) is 8.31. The van der Waals surface area contributed by atoms with Crippen LogP contribution in [-0.4, -0.2) is 34.0 Å². The van der Waals surface area contributed by atoms with Crippen LogP contribution in [0.25, 0.3) is 0 Å². The Hall–Kier alpha value is -2.89. The number of halogens is 2. The molecule has 1 aromatic heterocycles. The fraction of sp³-hybridized carbons (Fsp3) is 0.321. The standard InChI is InChI=1S/C28H30BCl2N3O3/c1-19(23(18-32)25-11-5-6-15-33-25)16-21-13-14-24(30)22(28(21)31)10-7-12-27(35)34-26(29(36)37)17-20-8-3-2-4-9-20/h2-6,8-9,11,13-15,19,23,26,36-37H,7,10,12,16-17H2,1H3,(H,34,35)/t19?,23?,26-/m0/s1. The van der Waals surface area contributed by atoms with Crippen LogP contribution < -0.4 is 5.32 Å². The van der Waals surface area contributed by atoms with Gasteiger partial charge >= 0.3 is 7.12 Å². The first-order chi connectivity index (χ1) is 17.8. The third-order valence-electron chi connectivity index (χ3n) is 6.36. The van der Waals surface area contributed by atoms with Crippen LogP contribution in [0.5, 0.6) is 0 Å². The molecule has 0 aliphatic carbocycles. The maximum Gasteiger partial charge on any atom is 0.475 e. The lowest BCUT2D eigenvalue weighted by Gasteiger charge is -2.20. The van der Waals surface area contributed by atoms with Crippen molar-refractivity contribution in [3.05, 3.63) is 99.3 Å². The number of aromatic nitrogens is 1. The van der Waals surface area contributed by atoms with E-state index in [1.54, 1.807) is 12.3 Å². The van der Waals surface area contributed by atoms with Crippen LogP contribution in [0.15, 0.2) is 66.9 Å². The van der Waals surface area contributed by atoms with Gasteiger partial charge in [0, 0.05) is 22.7 Å². The lowest BCUT2D eigenvalue weighted by Crippen LogP contribution is -2.47. The molecule has 3 aromatic rings. The molecular weight excluding hydrogens is 508 g/mol. The van der Waals surface area contributed by atoms with Gasteiger partial charge in [-0.3, -0.25) is 9.78 Å². The van der Waals surface area contributed by atoms with Crippen LogP contribution in [0.3, 0.4) is 0 Å².